The van der Waals surface area contributed by atoms with E-state index in [2.05, 4.69) is 9.82 Å². The number of sulfonamides is 1. The molecular weight excluding hydrogens is 288 g/mol. The van der Waals surface area contributed by atoms with Gasteiger partial charge in [-0.3, -0.25) is 9.40 Å². The molecule has 2 aromatic rings. The molecule has 0 saturated carbocycles. The molecule has 0 radical (unpaired) electrons. The standard InChI is InChI=1S/C11H13ClN4O2S/c1-7-9(13)4-3-5-10(7)15-19(17,18)11-8(12)6-14-16(11)2/h3-6,15H,13H2,1-2H3. The fourth-order valence-corrected chi connectivity index (χ4v) is 3.44. The molecule has 0 amide bonds. The third-order valence-electron chi connectivity index (χ3n) is 2.72. The van der Waals surface area contributed by atoms with E-state index in [1.807, 2.05) is 0 Å². The maximum absolute atomic E-state index is 12.3. The first kappa shape index (κ1) is 13.7. The van der Waals surface area contributed by atoms with E-state index in [0.29, 0.717) is 16.9 Å². The average Bonchev–Trinajstić information content (AvgIpc) is 2.65. The number of nitrogens with zero attached hydrogens (tertiary/aromatic N) is 2. The van der Waals surface area contributed by atoms with Crippen LogP contribution >= 0.6 is 11.6 Å². The van der Waals surface area contributed by atoms with Crippen LogP contribution in [0.2, 0.25) is 5.02 Å². The summed E-state index contributed by atoms with van der Waals surface area (Å²) in [5.74, 6) is 0. The molecule has 102 valence electrons. The number of nitrogen functional groups attached to an aromatic ring is 1. The van der Waals surface area contributed by atoms with Gasteiger partial charge in [0.15, 0.2) is 5.03 Å². The van der Waals surface area contributed by atoms with Crippen molar-refractivity contribution in [1.29, 1.82) is 0 Å². The van der Waals surface area contributed by atoms with Crippen LogP contribution in [0.3, 0.4) is 0 Å². The van der Waals surface area contributed by atoms with Crippen LogP contribution in [0.15, 0.2) is 29.4 Å². The Kier molecular flexibility index (Phi) is 3.42. The summed E-state index contributed by atoms with van der Waals surface area (Å²) in [6.07, 6.45) is 1.28. The predicted molar refractivity (Wildman–Crippen MR) is 74.6 cm³/mol. The fraction of sp³-hybridized carbons (Fsp3) is 0.182. The number of rotatable bonds is 3. The molecule has 0 saturated heterocycles. The van der Waals surface area contributed by atoms with E-state index in [-0.39, 0.29) is 10.0 Å². The highest BCUT2D eigenvalue weighted by Gasteiger charge is 2.23. The first-order chi connectivity index (χ1) is 8.83. The second-order valence-electron chi connectivity index (χ2n) is 4.05. The largest absolute Gasteiger partial charge is 0.398 e. The van der Waals surface area contributed by atoms with Crippen LogP contribution in [0, 0.1) is 6.92 Å². The van der Waals surface area contributed by atoms with Gasteiger partial charge in [-0.15, -0.1) is 0 Å². The van der Waals surface area contributed by atoms with Crippen molar-refractivity contribution < 1.29 is 8.42 Å². The van der Waals surface area contributed by atoms with E-state index < -0.39 is 10.0 Å². The quantitative estimate of drug-likeness (QED) is 0.845. The summed E-state index contributed by atoms with van der Waals surface area (Å²) in [6.45, 7) is 1.73. The Hall–Kier alpha value is -1.73. The van der Waals surface area contributed by atoms with Crippen LogP contribution in [0.25, 0.3) is 0 Å². The topological polar surface area (TPSA) is 90.0 Å². The normalized spacial score (nSPS) is 11.5. The number of nitrogens with one attached hydrogen (secondary N) is 1. The second kappa shape index (κ2) is 4.75. The van der Waals surface area contributed by atoms with Crippen molar-refractivity contribution in [3.05, 3.63) is 35.0 Å². The summed E-state index contributed by atoms with van der Waals surface area (Å²) in [4.78, 5) is 0. The fourth-order valence-electron chi connectivity index (χ4n) is 1.66. The van der Waals surface area contributed by atoms with Crippen molar-refractivity contribution in [3.63, 3.8) is 0 Å². The predicted octanol–water partition coefficient (Wildman–Crippen LogP) is 1.76. The number of aromatic nitrogens is 2. The van der Waals surface area contributed by atoms with Gasteiger partial charge in [-0.1, -0.05) is 17.7 Å². The smallest absolute Gasteiger partial charge is 0.280 e. The summed E-state index contributed by atoms with van der Waals surface area (Å²) in [7, 11) is -2.30. The van der Waals surface area contributed by atoms with E-state index >= 15 is 0 Å². The van der Waals surface area contributed by atoms with Crippen LogP contribution in [-0.2, 0) is 17.1 Å². The molecular formula is C11H13ClN4O2S. The van der Waals surface area contributed by atoms with Crippen molar-refractivity contribution in [3.8, 4) is 0 Å². The van der Waals surface area contributed by atoms with Crippen molar-refractivity contribution in [1.82, 2.24) is 9.78 Å². The average molecular weight is 301 g/mol. The van der Waals surface area contributed by atoms with Crippen molar-refractivity contribution in [2.75, 3.05) is 10.5 Å². The third-order valence-corrected chi connectivity index (χ3v) is 4.59. The molecule has 0 atom stereocenters. The zero-order chi connectivity index (χ0) is 14.2. The minimum atomic E-state index is -3.81. The van der Waals surface area contributed by atoms with Gasteiger partial charge >= 0.3 is 0 Å². The lowest BCUT2D eigenvalue weighted by molar-refractivity contribution is 0.582. The van der Waals surface area contributed by atoms with E-state index in [9.17, 15) is 8.42 Å². The molecule has 0 unspecified atom stereocenters. The van der Waals surface area contributed by atoms with E-state index in [1.54, 1.807) is 25.1 Å². The molecule has 0 spiro atoms. The van der Waals surface area contributed by atoms with Crippen molar-refractivity contribution >= 4 is 33.0 Å². The first-order valence-electron chi connectivity index (χ1n) is 5.38. The van der Waals surface area contributed by atoms with E-state index in [4.69, 9.17) is 17.3 Å². The molecule has 6 nitrogen and oxygen atoms in total. The summed E-state index contributed by atoms with van der Waals surface area (Å²) < 4.78 is 28.2. The maximum atomic E-state index is 12.3. The number of benzene rings is 1. The number of anilines is 2. The van der Waals surface area contributed by atoms with E-state index in [1.165, 1.54) is 17.9 Å². The minimum Gasteiger partial charge on any atom is -0.398 e. The van der Waals surface area contributed by atoms with Gasteiger partial charge in [0.25, 0.3) is 10.0 Å². The van der Waals surface area contributed by atoms with Crippen LogP contribution in [0.1, 0.15) is 5.56 Å². The zero-order valence-corrected chi connectivity index (χ0v) is 12.0. The molecule has 19 heavy (non-hydrogen) atoms. The number of nitrogens with two attached hydrogens (primary N) is 1. The van der Waals surface area contributed by atoms with Crippen molar-refractivity contribution in [2.45, 2.75) is 11.9 Å². The molecule has 0 aliphatic carbocycles. The van der Waals surface area contributed by atoms with Crippen molar-refractivity contribution in [2.24, 2.45) is 7.05 Å². The molecule has 1 aromatic carbocycles. The third kappa shape index (κ3) is 2.52. The maximum Gasteiger partial charge on any atom is 0.280 e. The Bertz CT molecular complexity index is 705. The molecule has 0 aliphatic rings. The SMILES string of the molecule is Cc1c(N)cccc1NS(=O)(=O)c1c(Cl)cnn1C. The molecule has 1 aromatic heterocycles. The van der Waals surface area contributed by atoms with Gasteiger partial charge in [-0.2, -0.15) is 13.5 Å². The highest BCUT2D eigenvalue weighted by atomic mass is 35.5. The van der Waals surface area contributed by atoms with Gasteiger partial charge < -0.3 is 5.73 Å². The van der Waals surface area contributed by atoms with Gasteiger partial charge in [0.1, 0.15) is 0 Å². The number of aryl methyl sites for hydroxylation is 1. The Morgan fingerprint density at radius 2 is 2.11 bits per heavy atom. The number of hydrogen-bond acceptors (Lipinski definition) is 4. The first-order valence-corrected chi connectivity index (χ1v) is 7.24. The molecule has 2 rings (SSSR count). The minimum absolute atomic E-state index is 0.0663. The van der Waals surface area contributed by atoms with Gasteiger partial charge in [-0.05, 0) is 24.6 Å². The molecule has 0 bridgehead atoms. The van der Waals surface area contributed by atoms with Gasteiger partial charge in [0.2, 0.25) is 0 Å². The van der Waals surface area contributed by atoms with Crippen LogP contribution in [0.5, 0.6) is 0 Å². The molecule has 1 heterocycles. The molecule has 3 N–H and O–H groups in total. The number of hydrogen-bond donors (Lipinski definition) is 2. The lowest BCUT2D eigenvalue weighted by Gasteiger charge is -2.12. The lowest BCUT2D eigenvalue weighted by atomic mass is 10.2. The molecule has 0 fully saturated rings. The lowest BCUT2D eigenvalue weighted by Crippen LogP contribution is -2.18. The van der Waals surface area contributed by atoms with Crippen LogP contribution in [0.4, 0.5) is 11.4 Å². The Morgan fingerprint density at radius 3 is 2.68 bits per heavy atom. The summed E-state index contributed by atoms with van der Waals surface area (Å²) >= 11 is 5.84. The monoisotopic (exact) mass is 300 g/mol. The highest BCUT2D eigenvalue weighted by molar-refractivity contribution is 7.92. The second-order valence-corrected chi connectivity index (χ2v) is 6.05. The van der Waals surface area contributed by atoms with Gasteiger partial charge in [0.05, 0.1) is 16.9 Å². The Labute approximate surface area is 116 Å². The van der Waals surface area contributed by atoms with Crippen LogP contribution < -0.4 is 10.5 Å². The summed E-state index contributed by atoms with van der Waals surface area (Å²) in [6, 6.07) is 5.00. The zero-order valence-electron chi connectivity index (χ0n) is 10.4. The Morgan fingerprint density at radius 1 is 1.42 bits per heavy atom. The molecule has 0 aliphatic heterocycles. The Balaban J connectivity index is 2.46. The van der Waals surface area contributed by atoms with E-state index in [0.717, 1.165) is 0 Å². The van der Waals surface area contributed by atoms with Gasteiger partial charge in [0, 0.05) is 12.7 Å². The highest BCUT2D eigenvalue weighted by Crippen LogP contribution is 2.26. The summed E-state index contributed by atoms with van der Waals surface area (Å²) in [5, 5.41) is 3.78. The summed E-state index contributed by atoms with van der Waals surface area (Å²) in [5.41, 5.74) is 7.32. The number of halogens is 1. The van der Waals surface area contributed by atoms with Gasteiger partial charge in [-0.25, -0.2) is 0 Å². The van der Waals surface area contributed by atoms with Crippen LogP contribution in [-0.4, -0.2) is 18.2 Å². The molecule has 8 heteroatoms.